The predicted molar refractivity (Wildman–Crippen MR) is 114 cm³/mol. The van der Waals surface area contributed by atoms with Gasteiger partial charge in [0.15, 0.2) is 15.5 Å². The predicted octanol–water partition coefficient (Wildman–Crippen LogP) is 2.63. The number of halogens is 3. The zero-order valence-corrected chi connectivity index (χ0v) is 21.3. The molecule has 1 unspecified atom stereocenters. The lowest BCUT2D eigenvalue weighted by atomic mass is 9.92. The molecule has 14 heteroatoms. The maximum absolute atomic E-state index is 12.8. The molecule has 3 atom stereocenters. The maximum atomic E-state index is 12.8. The fourth-order valence-corrected chi connectivity index (χ4v) is 6.10. The molecule has 8 nitrogen and oxygen atoms in total. The van der Waals surface area contributed by atoms with E-state index in [9.17, 15) is 31.2 Å². The van der Waals surface area contributed by atoms with Crippen molar-refractivity contribution < 1.29 is 44.5 Å². The SMILES string of the molecule is C=CCOC(=O)C1=C(OS(=O)(=O)C(F)(F)F)S[C@@H]2[C@@H](C(C)O[SiH2]C(C)(C)C(C)C)C(=O)N12. The molecule has 0 radical (unpaired) electrons. The van der Waals surface area contributed by atoms with Crippen LogP contribution in [0.5, 0.6) is 0 Å². The number of hydrogen-bond donors (Lipinski definition) is 0. The van der Waals surface area contributed by atoms with Crippen molar-refractivity contribution in [2.24, 2.45) is 11.8 Å². The van der Waals surface area contributed by atoms with Gasteiger partial charge in [0.2, 0.25) is 11.0 Å². The van der Waals surface area contributed by atoms with Gasteiger partial charge < -0.3 is 13.3 Å². The van der Waals surface area contributed by atoms with Gasteiger partial charge in [-0.2, -0.15) is 21.6 Å². The second-order valence-electron chi connectivity index (χ2n) is 8.41. The van der Waals surface area contributed by atoms with Crippen LogP contribution in [-0.2, 0) is 33.1 Å². The molecule has 1 amide bonds. The molecule has 0 aromatic rings. The summed E-state index contributed by atoms with van der Waals surface area (Å²) in [6.45, 7) is 13.0. The molecule has 0 bridgehead atoms. The Morgan fingerprint density at radius 1 is 1.31 bits per heavy atom. The van der Waals surface area contributed by atoms with E-state index in [1.807, 2.05) is 0 Å². The van der Waals surface area contributed by atoms with E-state index in [2.05, 4.69) is 38.5 Å². The number of rotatable bonds is 10. The highest BCUT2D eigenvalue weighted by atomic mass is 32.2. The van der Waals surface area contributed by atoms with Gasteiger partial charge in [-0.05, 0) is 17.9 Å². The van der Waals surface area contributed by atoms with Crippen molar-refractivity contribution >= 4 is 43.5 Å². The molecule has 0 N–H and O–H groups in total. The van der Waals surface area contributed by atoms with Crippen LogP contribution in [0.15, 0.2) is 23.4 Å². The summed E-state index contributed by atoms with van der Waals surface area (Å²) in [4.78, 5) is 26.1. The van der Waals surface area contributed by atoms with Gasteiger partial charge in [-0.3, -0.25) is 9.69 Å². The van der Waals surface area contributed by atoms with Crippen LogP contribution in [-0.4, -0.2) is 58.6 Å². The first kappa shape index (κ1) is 26.7. The minimum atomic E-state index is -6.05. The number of fused-ring (bicyclic) bond motifs is 1. The number of β-lactam (4-membered cyclic amide) rings is 1. The second kappa shape index (κ2) is 9.39. The van der Waals surface area contributed by atoms with Gasteiger partial charge in [0, 0.05) is 0 Å². The zero-order valence-electron chi connectivity index (χ0n) is 18.3. The zero-order chi connectivity index (χ0) is 24.6. The van der Waals surface area contributed by atoms with Crippen LogP contribution in [0.25, 0.3) is 0 Å². The summed E-state index contributed by atoms with van der Waals surface area (Å²) in [6, 6.07) is 0. The molecule has 0 aliphatic carbocycles. The molecular weight excluding hydrogens is 491 g/mol. The van der Waals surface area contributed by atoms with E-state index in [0.717, 1.165) is 4.90 Å². The van der Waals surface area contributed by atoms with Gasteiger partial charge in [-0.15, -0.1) is 0 Å². The lowest BCUT2D eigenvalue weighted by molar-refractivity contribution is -0.157. The minimum Gasteiger partial charge on any atom is -0.457 e. The maximum Gasteiger partial charge on any atom is 0.534 e. The fourth-order valence-electron chi connectivity index (χ4n) is 2.75. The Hall–Kier alpha value is -1.51. The monoisotopic (exact) mass is 517 g/mol. The summed E-state index contributed by atoms with van der Waals surface area (Å²) >= 11 is 0.545. The van der Waals surface area contributed by atoms with Gasteiger partial charge >= 0.3 is 21.6 Å². The number of carbonyl (C=O) groups is 2. The molecule has 1 saturated heterocycles. The molecule has 0 saturated carbocycles. The third-order valence-electron chi connectivity index (χ3n) is 5.53. The number of esters is 1. The van der Waals surface area contributed by atoms with E-state index >= 15 is 0 Å². The van der Waals surface area contributed by atoms with Crippen molar-refractivity contribution in [1.82, 2.24) is 4.90 Å². The number of alkyl halides is 3. The van der Waals surface area contributed by atoms with E-state index in [1.165, 1.54) is 6.08 Å². The van der Waals surface area contributed by atoms with Gasteiger partial charge in [-0.25, -0.2) is 4.79 Å². The molecular formula is C18H26F3NO7S2Si. The molecule has 2 rings (SSSR count). The molecule has 0 aromatic heterocycles. The minimum absolute atomic E-state index is 0.0590. The number of ether oxygens (including phenoxy) is 1. The van der Waals surface area contributed by atoms with Gasteiger partial charge in [0.1, 0.15) is 12.0 Å². The highest BCUT2D eigenvalue weighted by molar-refractivity contribution is 8.04. The third-order valence-corrected chi connectivity index (χ3v) is 10.1. The normalized spacial score (nSPS) is 22.9. The Morgan fingerprint density at radius 3 is 2.41 bits per heavy atom. The van der Waals surface area contributed by atoms with Crippen LogP contribution in [0, 0.1) is 11.8 Å². The standard InChI is InChI=1S/C18H26F3NO7S2Si/c1-7-8-27-15(24)12-16(28-31(25,26)18(19,20)21)30-14-11(13(23)22(12)14)10(4)29-32-17(5,6)9(2)3/h7,9-11,14H,1,8,32H2,2-6H3/t10?,11-,14+/m0/s1. The molecule has 0 spiro atoms. The Morgan fingerprint density at radius 2 is 1.91 bits per heavy atom. The highest BCUT2D eigenvalue weighted by Crippen LogP contribution is 2.52. The van der Waals surface area contributed by atoms with E-state index in [1.54, 1.807) is 6.92 Å². The van der Waals surface area contributed by atoms with Gasteiger partial charge in [-0.1, -0.05) is 52.1 Å². The summed E-state index contributed by atoms with van der Waals surface area (Å²) in [6.07, 6.45) is 0.632. The average molecular weight is 518 g/mol. The van der Waals surface area contributed by atoms with Crippen LogP contribution in [0.4, 0.5) is 13.2 Å². The first-order chi connectivity index (χ1) is 14.5. The number of nitrogens with zero attached hydrogens (tertiary/aromatic N) is 1. The van der Waals surface area contributed by atoms with Crippen LogP contribution in [0.1, 0.15) is 34.6 Å². The topological polar surface area (TPSA) is 99.2 Å². The molecule has 2 aliphatic heterocycles. The molecule has 1 fully saturated rings. The molecule has 32 heavy (non-hydrogen) atoms. The van der Waals surface area contributed by atoms with Crippen molar-refractivity contribution in [2.45, 2.75) is 56.6 Å². The number of carbonyl (C=O) groups excluding carboxylic acids is 2. The summed E-state index contributed by atoms with van der Waals surface area (Å²) in [7, 11) is -7.15. The molecule has 0 aromatic carbocycles. The van der Waals surface area contributed by atoms with Crippen LogP contribution >= 0.6 is 11.8 Å². The Balaban J connectivity index is 2.26. The fraction of sp³-hybridized carbons (Fsp3) is 0.667. The summed E-state index contributed by atoms with van der Waals surface area (Å²) < 4.78 is 76.5. The lowest BCUT2D eigenvalue weighted by Crippen LogP contribution is -2.61. The number of amides is 1. The number of thioether (sulfide) groups is 1. The van der Waals surface area contributed by atoms with Crippen LogP contribution in [0.3, 0.4) is 0 Å². The smallest absolute Gasteiger partial charge is 0.457 e. The largest absolute Gasteiger partial charge is 0.534 e. The molecule has 182 valence electrons. The van der Waals surface area contributed by atoms with Gasteiger partial charge in [0.05, 0.1) is 12.0 Å². The van der Waals surface area contributed by atoms with E-state index in [-0.39, 0.29) is 11.6 Å². The summed E-state index contributed by atoms with van der Waals surface area (Å²) in [5, 5.41) is -1.76. The van der Waals surface area contributed by atoms with Crippen molar-refractivity contribution in [3.05, 3.63) is 23.4 Å². The summed E-state index contributed by atoms with van der Waals surface area (Å²) in [5.41, 5.74) is -6.38. The first-order valence-electron chi connectivity index (χ1n) is 9.69. The van der Waals surface area contributed by atoms with Gasteiger partial charge in [0.25, 0.3) is 0 Å². The second-order valence-corrected chi connectivity index (χ2v) is 13.5. The Kier molecular flexibility index (Phi) is 7.84. The van der Waals surface area contributed by atoms with E-state index in [0.29, 0.717) is 17.7 Å². The Bertz CT molecular complexity index is 918. The average Bonchev–Trinajstić information content (AvgIpc) is 2.97. The summed E-state index contributed by atoms with van der Waals surface area (Å²) in [5.74, 6) is -2.22. The third kappa shape index (κ3) is 5.18. The van der Waals surface area contributed by atoms with E-state index in [4.69, 9.17) is 9.16 Å². The van der Waals surface area contributed by atoms with Crippen molar-refractivity contribution in [3.8, 4) is 0 Å². The quantitative estimate of drug-likeness (QED) is 0.109. The highest BCUT2D eigenvalue weighted by Gasteiger charge is 2.61. The van der Waals surface area contributed by atoms with E-state index < -0.39 is 65.5 Å². The van der Waals surface area contributed by atoms with Crippen LogP contribution in [0.2, 0.25) is 5.04 Å². The van der Waals surface area contributed by atoms with Crippen molar-refractivity contribution in [1.29, 1.82) is 0 Å². The lowest BCUT2D eigenvalue weighted by Gasteiger charge is -2.45. The van der Waals surface area contributed by atoms with Crippen molar-refractivity contribution in [3.63, 3.8) is 0 Å². The van der Waals surface area contributed by atoms with Crippen molar-refractivity contribution in [2.75, 3.05) is 6.61 Å². The van der Waals surface area contributed by atoms with Crippen LogP contribution < -0.4 is 0 Å². The molecule has 2 aliphatic rings. The number of hydrogen-bond acceptors (Lipinski definition) is 8. The first-order valence-corrected chi connectivity index (χ1v) is 13.3. The Labute approximate surface area is 191 Å². The molecule has 2 heterocycles.